The number of hydrogen-bond acceptors (Lipinski definition) is 4. The predicted molar refractivity (Wildman–Crippen MR) is 110 cm³/mol. The molecule has 1 aromatic heterocycles. The summed E-state index contributed by atoms with van der Waals surface area (Å²) in [5.41, 5.74) is 2.35. The first kappa shape index (κ1) is 20.5. The lowest BCUT2D eigenvalue weighted by Crippen LogP contribution is -2.51. The molecule has 1 amide bonds. The van der Waals surface area contributed by atoms with E-state index in [9.17, 15) is 13.6 Å². The zero-order valence-corrected chi connectivity index (χ0v) is 17.5. The van der Waals surface area contributed by atoms with E-state index in [0.717, 1.165) is 15.7 Å². The average molecular weight is 477 g/mol. The van der Waals surface area contributed by atoms with Gasteiger partial charge in [-0.25, -0.2) is 4.68 Å². The second-order valence-corrected chi connectivity index (χ2v) is 7.95. The molecule has 1 aliphatic rings. The fraction of sp³-hybridized carbons (Fsp3) is 0.286. The minimum atomic E-state index is -2.90. The van der Waals surface area contributed by atoms with E-state index >= 15 is 0 Å². The number of likely N-dealkylation sites (tertiary alicyclic amines) is 1. The summed E-state index contributed by atoms with van der Waals surface area (Å²) in [6.45, 7) is -1.80. The summed E-state index contributed by atoms with van der Waals surface area (Å²) in [7, 11) is 0. The Morgan fingerprint density at radius 1 is 1.20 bits per heavy atom. The summed E-state index contributed by atoms with van der Waals surface area (Å²) in [6, 6.07) is 14.7. The Labute approximate surface area is 180 Å². The van der Waals surface area contributed by atoms with E-state index in [2.05, 4.69) is 31.0 Å². The van der Waals surface area contributed by atoms with Crippen LogP contribution in [0.15, 0.2) is 59.2 Å². The monoisotopic (exact) mass is 476 g/mol. The molecule has 0 N–H and O–H groups in total. The van der Waals surface area contributed by atoms with Crippen LogP contribution in [0.2, 0.25) is 0 Å². The predicted octanol–water partition coefficient (Wildman–Crippen LogP) is 4.33. The Kier molecular flexibility index (Phi) is 6.08. The molecule has 9 heteroatoms. The van der Waals surface area contributed by atoms with E-state index in [0.29, 0.717) is 25.1 Å². The van der Waals surface area contributed by atoms with E-state index in [4.69, 9.17) is 0 Å². The van der Waals surface area contributed by atoms with Gasteiger partial charge in [0.1, 0.15) is 11.4 Å². The molecule has 1 fully saturated rings. The van der Waals surface area contributed by atoms with Gasteiger partial charge >= 0.3 is 6.61 Å². The van der Waals surface area contributed by atoms with Gasteiger partial charge in [0.15, 0.2) is 0 Å². The van der Waals surface area contributed by atoms with Crippen LogP contribution in [-0.2, 0) is 11.2 Å². The lowest BCUT2D eigenvalue weighted by molar-refractivity contribution is -0.137. The topological polar surface area (TPSA) is 60.2 Å². The quantitative estimate of drug-likeness (QED) is 0.509. The van der Waals surface area contributed by atoms with Gasteiger partial charge < -0.3 is 9.64 Å². The largest absolute Gasteiger partial charge is 0.435 e. The number of hydrogen-bond donors (Lipinski definition) is 0. The van der Waals surface area contributed by atoms with Crippen LogP contribution in [0.3, 0.4) is 0 Å². The number of nitrogens with zero attached hydrogens (tertiary/aromatic N) is 4. The summed E-state index contributed by atoms with van der Waals surface area (Å²) >= 11 is 3.32. The smallest absolute Gasteiger partial charge is 0.387 e. The Morgan fingerprint density at radius 2 is 1.97 bits per heavy atom. The van der Waals surface area contributed by atoms with Crippen molar-refractivity contribution in [2.24, 2.45) is 0 Å². The van der Waals surface area contributed by atoms with Crippen molar-refractivity contribution in [2.45, 2.75) is 25.5 Å². The molecular weight excluding hydrogens is 458 g/mol. The average Bonchev–Trinajstić information content (AvgIpc) is 3.17. The fourth-order valence-electron chi connectivity index (χ4n) is 3.38. The second kappa shape index (κ2) is 8.91. The molecule has 4 rings (SSSR count). The first-order valence-electron chi connectivity index (χ1n) is 9.48. The van der Waals surface area contributed by atoms with Crippen molar-refractivity contribution in [1.29, 1.82) is 0 Å². The molecule has 0 bridgehead atoms. The van der Waals surface area contributed by atoms with Crippen molar-refractivity contribution in [3.63, 3.8) is 0 Å². The molecule has 0 radical (unpaired) electrons. The van der Waals surface area contributed by atoms with Gasteiger partial charge in [-0.05, 0) is 30.2 Å². The molecule has 0 aliphatic carbocycles. The van der Waals surface area contributed by atoms with Crippen LogP contribution in [0, 0.1) is 0 Å². The van der Waals surface area contributed by atoms with Gasteiger partial charge in [-0.3, -0.25) is 4.79 Å². The third-order valence-electron chi connectivity index (χ3n) is 5.02. The van der Waals surface area contributed by atoms with Gasteiger partial charge in [0, 0.05) is 29.5 Å². The summed E-state index contributed by atoms with van der Waals surface area (Å²) in [4.78, 5) is 14.2. The number of ether oxygens (including phenoxy) is 1. The van der Waals surface area contributed by atoms with Crippen LogP contribution in [0.5, 0.6) is 5.75 Å². The van der Waals surface area contributed by atoms with Crippen molar-refractivity contribution in [2.75, 3.05) is 13.1 Å². The lowest BCUT2D eigenvalue weighted by atomic mass is 10.0. The molecular formula is C21H19BrF2N4O2. The molecule has 0 unspecified atom stereocenters. The SMILES string of the molecule is O=C(CCc1cc(Br)ccc1OC(F)F)N1CC(n2cc(-c3ccccc3)nn2)C1. The van der Waals surface area contributed by atoms with Crippen molar-refractivity contribution in [1.82, 2.24) is 19.9 Å². The Bertz CT molecular complexity index is 1020. The zero-order valence-electron chi connectivity index (χ0n) is 15.9. The summed E-state index contributed by atoms with van der Waals surface area (Å²) in [5, 5.41) is 8.39. The van der Waals surface area contributed by atoms with Gasteiger partial charge in [-0.2, -0.15) is 8.78 Å². The van der Waals surface area contributed by atoms with Gasteiger partial charge in [0.25, 0.3) is 0 Å². The number of halogens is 3. The highest BCUT2D eigenvalue weighted by Crippen LogP contribution is 2.28. The summed E-state index contributed by atoms with van der Waals surface area (Å²) in [6.07, 6.45) is 2.43. The van der Waals surface area contributed by atoms with Crippen molar-refractivity contribution >= 4 is 21.8 Å². The maximum absolute atomic E-state index is 12.6. The molecule has 2 heterocycles. The highest BCUT2D eigenvalue weighted by Gasteiger charge is 2.32. The molecule has 156 valence electrons. The minimum absolute atomic E-state index is 0.0300. The first-order chi connectivity index (χ1) is 14.5. The number of rotatable bonds is 7. The summed E-state index contributed by atoms with van der Waals surface area (Å²) in [5.74, 6) is 0.0659. The molecule has 1 aliphatic heterocycles. The molecule has 3 aromatic rings. The minimum Gasteiger partial charge on any atom is -0.435 e. The summed E-state index contributed by atoms with van der Waals surface area (Å²) < 4.78 is 32.3. The normalized spacial score (nSPS) is 14.1. The number of alkyl halides is 2. The van der Waals surface area contributed by atoms with Crippen LogP contribution in [0.25, 0.3) is 11.3 Å². The van der Waals surface area contributed by atoms with E-state index < -0.39 is 6.61 Å². The number of amides is 1. The number of benzene rings is 2. The van der Waals surface area contributed by atoms with Crippen LogP contribution >= 0.6 is 15.9 Å². The van der Waals surface area contributed by atoms with Gasteiger partial charge in [0.05, 0.1) is 12.2 Å². The van der Waals surface area contributed by atoms with Crippen molar-refractivity contribution in [3.05, 3.63) is 64.8 Å². The number of carbonyl (C=O) groups excluding carboxylic acids is 1. The second-order valence-electron chi connectivity index (χ2n) is 7.03. The van der Waals surface area contributed by atoms with Crippen LogP contribution in [0.4, 0.5) is 8.78 Å². The van der Waals surface area contributed by atoms with Crippen molar-refractivity contribution < 1.29 is 18.3 Å². The highest BCUT2D eigenvalue weighted by atomic mass is 79.9. The maximum atomic E-state index is 12.6. The molecule has 2 aromatic carbocycles. The molecule has 6 nitrogen and oxygen atoms in total. The third-order valence-corrected chi connectivity index (χ3v) is 5.51. The number of carbonyl (C=O) groups is 1. The van der Waals surface area contributed by atoms with E-state index in [1.807, 2.05) is 36.5 Å². The standard InChI is InChI=1S/C21H19BrF2N4O2/c22-16-7-8-19(30-21(23)24)15(10-16)6-9-20(29)27-11-17(12-27)28-13-18(25-26-28)14-4-2-1-3-5-14/h1-5,7-8,10,13,17,21H,6,9,11-12H2. The van der Waals surface area contributed by atoms with E-state index in [1.165, 1.54) is 6.07 Å². The molecule has 30 heavy (non-hydrogen) atoms. The Balaban J connectivity index is 1.31. The third kappa shape index (κ3) is 4.67. The first-order valence-corrected chi connectivity index (χ1v) is 10.3. The molecule has 1 saturated heterocycles. The lowest BCUT2D eigenvalue weighted by Gasteiger charge is -2.39. The van der Waals surface area contributed by atoms with Crippen LogP contribution in [0.1, 0.15) is 18.0 Å². The molecule has 0 saturated carbocycles. The Morgan fingerprint density at radius 3 is 2.70 bits per heavy atom. The Hall–Kier alpha value is -2.81. The van der Waals surface area contributed by atoms with Crippen molar-refractivity contribution in [3.8, 4) is 17.0 Å². The van der Waals surface area contributed by atoms with Gasteiger partial charge in [0.2, 0.25) is 5.91 Å². The van der Waals surface area contributed by atoms with E-state index in [-0.39, 0.29) is 24.1 Å². The molecule has 0 spiro atoms. The van der Waals surface area contributed by atoms with E-state index in [1.54, 1.807) is 21.7 Å². The zero-order chi connectivity index (χ0) is 21.1. The number of aromatic nitrogens is 3. The number of aryl methyl sites for hydroxylation is 1. The van der Waals surface area contributed by atoms with Crippen LogP contribution in [-0.4, -0.2) is 45.5 Å². The van der Waals surface area contributed by atoms with Gasteiger partial charge in [-0.1, -0.05) is 51.5 Å². The van der Waals surface area contributed by atoms with Gasteiger partial charge in [-0.15, -0.1) is 5.10 Å². The molecule has 0 atom stereocenters. The fourth-order valence-corrected chi connectivity index (χ4v) is 3.79. The highest BCUT2D eigenvalue weighted by molar-refractivity contribution is 9.10. The maximum Gasteiger partial charge on any atom is 0.387 e. The van der Waals surface area contributed by atoms with Crippen LogP contribution < -0.4 is 4.74 Å².